The Labute approximate surface area is 116 Å². The van der Waals surface area contributed by atoms with E-state index in [4.69, 9.17) is 14.7 Å². The quantitative estimate of drug-likeness (QED) is 0.625. The minimum atomic E-state index is -0.115. The summed E-state index contributed by atoms with van der Waals surface area (Å²) in [7, 11) is 0. The predicted octanol–water partition coefficient (Wildman–Crippen LogP) is 1.16. The predicted molar refractivity (Wildman–Crippen MR) is 71.5 cm³/mol. The van der Waals surface area contributed by atoms with Gasteiger partial charge in [-0.3, -0.25) is 4.79 Å². The zero-order valence-electron chi connectivity index (χ0n) is 11.0. The monoisotopic (exact) mass is 276 g/mol. The molecule has 2 N–H and O–H groups in total. The average Bonchev–Trinajstić information content (AvgIpc) is 3.21. The smallest absolute Gasteiger partial charge is 0.257 e. The Balaban J connectivity index is 1.54. The van der Waals surface area contributed by atoms with Crippen molar-refractivity contribution in [2.24, 2.45) is 11.1 Å². The second-order valence-electron chi connectivity index (χ2n) is 5.03. The molecule has 1 aliphatic heterocycles. The van der Waals surface area contributed by atoms with Gasteiger partial charge in [-0.05, 0) is 30.9 Å². The van der Waals surface area contributed by atoms with Gasteiger partial charge in [0.05, 0.1) is 0 Å². The molecule has 0 spiro atoms. The van der Waals surface area contributed by atoms with Gasteiger partial charge in [0.2, 0.25) is 0 Å². The lowest BCUT2D eigenvalue weighted by Crippen LogP contribution is -2.30. The zero-order valence-corrected chi connectivity index (χ0v) is 11.0. The van der Waals surface area contributed by atoms with Crippen molar-refractivity contribution in [3.8, 4) is 11.5 Å². The maximum absolute atomic E-state index is 11.6. The van der Waals surface area contributed by atoms with Crippen LogP contribution in [-0.2, 0) is 4.79 Å². The highest BCUT2D eigenvalue weighted by Gasteiger charge is 2.22. The highest BCUT2D eigenvalue weighted by molar-refractivity contribution is 6.06. The first-order valence-electron chi connectivity index (χ1n) is 6.64. The maximum Gasteiger partial charge on any atom is 0.257 e. The Hall–Kier alpha value is -2.24. The third-order valence-corrected chi connectivity index (χ3v) is 3.40. The molecule has 3 rings (SSSR count). The fourth-order valence-electron chi connectivity index (χ4n) is 2.04. The number of rotatable bonds is 5. The summed E-state index contributed by atoms with van der Waals surface area (Å²) in [6, 6.07) is 5.18. The molecule has 106 valence electrons. The molecule has 1 aromatic rings. The number of nitrogens with zero attached hydrogens (tertiary/aromatic N) is 1. The molecule has 1 fully saturated rings. The highest BCUT2D eigenvalue weighted by Crippen LogP contribution is 2.30. The molecule has 1 aliphatic carbocycles. The minimum absolute atomic E-state index is 0.00749. The van der Waals surface area contributed by atoms with Crippen LogP contribution >= 0.6 is 0 Å². The standard InChI is InChI=1S/C14H16N2O4/c17-14(15-6-9-1-2-9)8-19-10-3-4-11-12(16-18)7-20-13(11)5-10/h3-5,9,18H,1-2,6-8H2,(H,15,17). The first kappa shape index (κ1) is 12.8. The molecule has 6 nitrogen and oxygen atoms in total. The molecular formula is C14H16N2O4. The van der Waals surface area contributed by atoms with Gasteiger partial charge in [0.15, 0.2) is 6.61 Å². The largest absolute Gasteiger partial charge is 0.486 e. The third kappa shape index (κ3) is 2.84. The van der Waals surface area contributed by atoms with E-state index in [9.17, 15) is 4.79 Å². The Kier molecular flexibility index (Phi) is 3.45. The third-order valence-electron chi connectivity index (χ3n) is 3.40. The molecular weight excluding hydrogens is 260 g/mol. The number of benzene rings is 1. The number of ether oxygens (including phenoxy) is 2. The van der Waals surface area contributed by atoms with Crippen LogP contribution in [-0.4, -0.2) is 36.6 Å². The van der Waals surface area contributed by atoms with Crippen molar-refractivity contribution < 1.29 is 19.5 Å². The number of hydrogen-bond acceptors (Lipinski definition) is 5. The molecule has 0 aromatic heterocycles. The minimum Gasteiger partial charge on any atom is -0.486 e. The molecule has 0 radical (unpaired) electrons. The zero-order chi connectivity index (χ0) is 13.9. The number of carbonyl (C=O) groups is 1. The van der Waals surface area contributed by atoms with E-state index in [0.29, 0.717) is 23.1 Å². The van der Waals surface area contributed by atoms with Crippen LogP contribution < -0.4 is 14.8 Å². The fraction of sp³-hybridized carbons (Fsp3) is 0.429. The van der Waals surface area contributed by atoms with Gasteiger partial charge < -0.3 is 20.0 Å². The maximum atomic E-state index is 11.6. The van der Waals surface area contributed by atoms with E-state index in [-0.39, 0.29) is 19.1 Å². The van der Waals surface area contributed by atoms with Crippen molar-refractivity contribution in [2.75, 3.05) is 19.8 Å². The van der Waals surface area contributed by atoms with Gasteiger partial charge in [-0.2, -0.15) is 0 Å². The molecule has 0 unspecified atom stereocenters. The summed E-state index contributed by atoms with van der Waals surface area (Å²) in [4.78, 5) is 11.6. The van der Waals surface area contributed by atoms with Crippen LogP contribution in [0.2, 0.25) is 0 Å². The number of carbonyl (C=O) groups excluding carboxylic acids is 1. The van der Waals surface area contributed by atoms with Crippen molar-refractivity contribution in [1.82, 2.24) is 5.32 Å². The summed E-state index contributed by atoms with van der Waals surface area (Å²) < 4.78 is 10.8. The molecule has 0 bridgehead atoms. The molecule has 2 aliphatic rings. The van der Waals surface area contributed by atoms with E-state index in [2.05, 4.69) is 10.5 Å². The van der Waals surface area contributed by atoms with Crippen molar-refractivity contribution >= 4 is 11.6 Å². The molecule has 6 heteroatoms. The van der Waals surface area contributed by atoms with Crippen molar-refractivity contribution in [1.29, 1.82) is 0 Å². The van der Waals surface area contributed by atoms with E-state index >= 15 is 0 Å². The summed E-state index contributed by atoms with van der Waals surface area (Å²) in [6.07, 6.45) is 2.41. The van der Waals surface area contributed by atoms with Gasteiger partial charge in [-0.25, -0.2) is 0 Å². The Morgan fingerprint density at radius 3 is 3.10 bits per heavy atom. The van der Waals surface area contributed by atoms with Crippen molar-refractivity contribution in [2.45, 2.75) is 12.8 Å². The van der Waals surface area contributed by atoms with E-state index in [1.54, 1.807) is 18.2 Å². The van der Waals surface area contributed by atoms with E-state index in [1.807, 2.05) is 0 Å². The normalized spacial score (nSPS) is 18.5. The summed E-state index contributed by atoms with van der Waals surface area (Å²) in [5, 5.41) is 14.8. The molecule has 0 atom stereocenters. The SMILES string of the molecule is O=C(COc1ccc2c(c1)OCC2=NO)NCC1CC1. The van der Waals surface area contributed by atoms with E-state index in [1.165, 1.54) is 12.8 Å². The van der Waals surface area contributed by atoms with Gasteiger partial charge in [0.25, 0.3) is 5.91 Å². The number of nitrogens with one attached hydrogen (secondary N) is 1. The lowest BCUT2D eigenvalue weighted by Gasteiger charge is -2.08. The number of fused-ring (bicyclic) bond motifs is 1. The second kappa shape index (κ2) is 5.40. The summed E-state index contributed by atoms with van der Waals surface area (Å²) in [6.45, 7) is 0.982. The summed E-state index contributed by atoms with van der Waals surface area (Å²) >= 11 is 0. The van der Waals surface area contributed by atoms with Crippen LogP contribution in [0.4, 0.5) is 0 Å². The Morgan fingerprint density at radius 2 is 2.35 bits per heavy atom. The van der Waals surface area contributed by atoms with Gasteiger partial charge in [0, 0.05) is 18.2 Å². The molecule has 1 aromatic carbocycles. The summed E-state index contributed by atoms with van der Waals surface area (Å²) in [5.74, 6) is 1.71. The number of amides is 1. The molecule has 1 saturated carbocycles. The van der Waals surface area contributed by atoms with Crippen LogP contribution in [0, 0.1) is 5.92 Å². The molecule has 0 saturated heterocycles. The lowest BCUT2D eigenvalue weighted by molar-refractivity contribution is -0.123. The number of oxime groups is 1. The van der Waals surface area contributed by atoms with Gasteiger partial charge in [-0.15, -0.1) is 0 Å². The van der Waals surface area contributed by atoms with Gasteiger partial charge in [-0.1, -0.05) is 5.16 Å². The number of hydrogen-bond donors (Lipinski definition) is 2. The lowest BCUT2D eigenvalue weighted by atomic mass is 10.1. The van der Waals surface area contributed by atoms with Crippen LogP contribution in [0.15, 0.2) is 23.4 Å². The van der Waals surface area contributed by atoms with Crippen LogP contribution in [0.3, 0.4) is 0 Å². The van der Waals surface area contributed by atoms with Crippen molar-refractivity contribution in [3.63, 3.8) is 0 Å². The van der Waals surface area contributed by atoms with Crippen LogP contribution in [0.25, 0.3) is 0 Å². The second-order valence-corrected chi connectivity index (χ2v) is 5.03. The molecule has 20 heavy (non-hydrogen) atoms. The fourth-order valence-corrected chi connectivity index (χ4v) is 2.04. The Bertz CT molecular complexity index is 552. The van der Waals surface area contributed by atoms with Gasteiger partial charge in [0.1, 0.15) is 23.8 Å². The van der Waals surface area contributed by atoms with E-state index in [0.717, 1.165) is 12.1 Å². The average molecular weight is 276 g/mol. The highest BCUT2D eigenvalue weighted by atomic mass is 16.5. The Morgan fingerprint density at radius 1 is 1.50 bits per heavy atom. The first-order chi connectivity index (χ1) is 9.76. The van der Waals surface area contributed by atoms with Crippen LogP contribution in [0.5, 0.6) is 11.5 Å². The van der Waals surface area contributed by atoms with E-state index < -0.39 is 0 Å². The van der Waals surface area contributed by atoms with Crippen LogP contribution in [0.1, 0.15) is 18.4 Å². The van der Waals surface area contributed by atoms with Gasteiger partial charge >= 0.3 is 0 Å². The first-order valence-corrected chi connectivity index (χ1v) is 6.64. The summed E-state index contributed by atoms with van der Waals surface area (Å²) in [5.41, 5.74) is 1.24. The van der Waals surface area contributed by atoms with Crippen molar-refractivity contribution in [3.05, 3.63) is 23.8 Å². The topological polar surface area (TPSA) is 80.2 Å². The molecule has 1 amide bonds. The molecule has 1 heterocycles.